The van der Waals surface area contributed by atoms with Crippen molar-refractivity contribution < 1.29 is 9.90 Å². The van der Waals surface area contributed by atoms with E-state index < -0.39 is 5.60 Å². The monoisotopic (exact) mass is 316 g/mol. The first-order valence-electron chi connectivity index (χ1n) is 8.88. The highest BCUT2D eigenvalue weighted by Crippen LogP contribution is 2.31. The van der Waals surface area contributed by atoms with Gasteiger partial charge in [-0.05, 0) is 44.6 Å². The van der Waals surface area contributed by atoms with Gasteiger partial charge in [-0.2, -0.15) is 0 Å². The molecule has 3 rings (SSSR count). The second-order valence-electron chi connectivity index (χ2n) is 7.12. The average molecular weight is 316 g/mol. The van der Waals surface area contributed by atoms with Gasteiger partial charge in [0.05, 0.1) is 0 Å². The highest BCUT2D eigenvalue weighted by molar-refractivity contribution is 5.85. The Morgan fingerprint density at radius 3 is 2.57 bits per heavy atom. The van der Waals surface area contributed by atoms with Crippen molar-refractivity contribution in [3.05, 3.63) is 35.9 Å². The molecule has 2 aliphatic rings. The summed E-state index contributed by atoms with van der Waals surface area (Å²) in [5.74, 6) is -0.0382. The van der Waals surface area contributed by atoms with Gasteiger partial charge in [0.25, 0.3) is 5.91 Å². The summed E-state index contributed by atoms with van der Waals surface area (Å²) in [7, 11) is 0. The van der Waals surface area contributed by atoms with Gasteiger partial charge in [0.2, 0.25) is 0 Å². The molecule has 1 aromatic rings. The van der Waals surface area contributed by atoms with Crippen LogP contribution in [0.2, 0.25) is 0 Å². The van der Waals surface area contributed by atoms with Crippen LogP contribution in [0.4, 0.5) is 0 Å². The van der Waals surface area contributed by atoms with Crippen LogP contribution in [0, 0.1) is 0 Å². The van der Waals surface area contributed by atoms with Crippen molar-refractivity contribution in [2.24, 2.45) is 0 Å². The van der Waals surface area contributed by atoms with Crippen molar-refractivity contribution in [3.8, 4) is 0 Å². The minimum Gasteiger partial charge on any atom is -0.380 e. The largest absolute Gasteiger partial charge is 0.380 e. The predicted molar refractivity (Wildman–Crippen MR) is 90.9 cm³/mol. The molecule has 0 spiro atoms. The van der Waals surface area contributed by atoms with E-state index >= 15 is 0 Å². The van der Waals surface area contributed by atoms with Crippen LogP contribution in [0.5, 0.6) is 0 Å². The highest BCUT2D eigenvalue weighted by Gasteiger charge is 2.42. The summed E-state index contributed by atoms with van der Waals surface area (Å²) < 4.78 is 0. The zero-order chi connectivity index (χ0) is 16.3. The van der Waals surface area contributed by atoms with Crippen molar-refractivity contribution in [1.82, 2.24) is 9.80 Å². The fourth-order valence-electron chi connectivity index (χ4n) is 3.83. The van der Waals surface area contributed by atoms with E-state index in [0.717, 1.165) is 45.4 Å². The van der Waals surface area contributed by atoms with Gasteiger partial charge in [-0.3, -0.25) is 9.69 Å². The van der Waals surface area contributed by atoms with Gasteiger partial charge in [0, 0.05) is 32.2 Å². The predicted octanol–water partition coefficient (Wildman–Crippen LogP) is 2.41. The van der Waals surface area contributed by atoms with E-state index in [0.29, 0.717) is 18.9 Å². The number of amides is 1. The molecular formula is C19H28N2O2. The lowest BCUT2D eigenvalue weighted by Crippen LogP contribution is -2.48. The number of benzene rings is 1. The number of aliphatic hydroxyl groups is 1. The third-order valence-electron chi connectivity index (χ3n) is 5.44. The minimum atomic E-state index is -1.09. The van der Waals surface area contributed by atoms with E-state index in [9.17, 15) is 9.90 Å². The Bertz CT molecular complexity index is 525. The smallest absolute Gasteiger partial charge is 0.254 e. The highest BCUT2D eigenvalue weighted by atomic mass is 16.3. The first-order chi connectivity index (χ1) is 11.1. The SMILES string of the molecule is CC1CCN(C(=O)C2(O)CCCC2)CCN1Cc1ccccc1. The number of carbonyl (C=O) groups excluding carboxylic acids is 1. The molecule has 1 aliphatic carbocycles. The van der Waals surface area contributed by atoms with Gasteiger partial charge < -0.3 is 10.0 Å². The van der Waals surface area contributed by atoms with Crippen LogP contribution >= 0.6 is 0 Å². The zero-order valence-electron chi connectivity index (χ0n) is 14.1. The molecule has 1 N–H and O–H groups in total. The molecule has 1 aromatic carbocycles. The fraction of sp³-hybridized carbons (Fsp3) is 0.632. The number of carbonyl (C=O) groups is 1. The lowest BCUT2D eigenvalue weighted by Gasteiger charge is -2.30. The number of rotatable bonds is 3. The van der Waals surface area contributed by atoms with E-state index in [1.54, 1.807) is 0 Å². The Morgan fingerprint density at radius 2 is 1.87 bits per heavy atom. The summed E-state index contributed by atoms with van der Waals surface area (Å²) in [6, 6.07) is 10.9. The van der Waals surface area contributed by atoms with E-state index in [4.69, 9.17) is 0 Å². The quantitative estimate of drug-likeness (QED) is 0.931. The third-order valence-corrected chi connectivity index (χ3v) is 5.44. The molecule has 23 heavy (non-hydrogen) atoms. The van der Waals surface area contributed by atoms with Crippen molar-refractivity contribution in [2.45, 2.75) is 57.2 Å². The van der Waals surface area contributed by atoms with Crippen LogP contribution < -0.4 is 0 Å². The first kappa shape index (κ1) is 16.5. The lowest BCUT2D eigenvalue weighted by atomic mass is 10.0. The molecule has 2 fully saturated rings. The van der Waals surface area contributed by atoms with E-state index in [1.165, 1.54) is 5.56 Å². The number of hydrogen-bond acceptors (Lipinski definition) is 3. The van der Waals surface area contributed by atoms with Crippen molar-refractivity contribution in [3.63, 3.8) is 0 Å². The van der Waals surface area contributed by atoms with Gasteiger partial charge in [-0.1, -0.05) is 30.3 Å². The Kier molecular flexibility index (Phi) is 5.02. The van der Waals surface area contributed by atoms with Gasteiger partial charge in [-0.15, -0.1) is 0 Å². The maximum Gasteiger partial charge on any atom is 0.254 e. The molecular weight excluding hydrogens is 288 g/mol. The molecule has 1 saturated carbocycles. The normalized spacial score (nSPS) is 25.3. The van der Waals surface area contributed by atoms with Crippen LogP contribution in [0.1, 0.15) is 44.6 Å². The van der Waals surface area contributed by atoms with Crippen molar-refractivity contribution in [1.29, 1.82) is 0 Å². The summed E-state index contributed by atoms with van der Waals surface area (Å²) in [6.07, 6.45) is 4.16. The number of nitrogens with zero attached hydrogens (tertiary/aromatic N) is 2. The van der Waals surface area contributed by atoms with E-state index in [-0.39, 0.29) is 5.91 Å². The molecule has 4 nitrogen and oxygen atoms in total. The topological polar surface area (TPSA) is 43.8 Å². The second kappa shape index (κ2) is 7.02. The first-order valence-corrected chi connectivity index (χ1v) is 8.88. The van der Waals surface area contributed by atoms with Crippen LogP contribution in [0.15, 0.2) is 30.3 Å². The molecule has 1 amide bonds. The molecule has 126 valence electrons. The summed E-state index contributed by atoms with van der Waals surface area (Å²) in [6.45, 7) is 5.51. The second-order valence-corrected chi connectivity index (χ2v) is 7.12. The van der Waals surface area contributed by atoms with Crippen LogP contribution in [0.25, 0.3) is 0 Å². The maximum atomic E-state index is 12.7. The molecule has 0 aromatic heterocycles. The Balaban J connectivity index is 1.62. The summed E-state index contributed by atoms with van der Waals surface area (Å²) in [5.41, 5.74) is 0.228. The average Bonchev–Trinajstić information content (AvgIpc) is 2.93. The Labute approximate surface area is 139 Å². The van der Waals surface area contributed by atoms with Crippen LogP contribution in [-0.2, 0) is 11.3 Å². The maximum absolute atomic E-state index is 12.7. The molecule has 1 aliphatic heterocycles. The molecule has 0 bridgehead atoms. The van der Waals surface area contributed by atoms with Gasteiger partial charge >= 0.3 is 0 Å². The van der Waals surface area contributed by atoms with Crippen LogP contribution in [-0.4, -0.2) is 52.1 Å². The Hall–Kier alpha value is -1.39. The summed E-state index contributed by atoms with van der Waals surface area (Å²) >= 11 is 0. The molecule has 1 heterocycles. The fourth-order valence-corrected chi connectivity index (χ4v) is 3.83. The third kappa shape index (κ3) is 3.75. The summed E-state index contributed by atoms with van der Waals surface area (Å²) in [5, 5.41) is 10.6. The van der Waals surface area contributed by atoms with Gasteiger partial charge in [0.15, 0.2) is 0 Å². The lowest BCUT2D eigenvalue weighted by molar-refractivity contribution is -0.150. The Morgan fingerprint density at radius 1 is 1.17 bits per heavy atom. The summed E-state index contributed by atoms with van der Waals surface area (Å²) in [4.78, 5) is 17.0. The zero-order valence-corrected chi connectivity index (χ0v) is 14.1. The van der Waals surface area contributed by atoms with Crippen molar-refractivity contribution >= 4 is 5.91 Å². The van der Waals surface area contributed by atoms with Crippen LogP contribution in [0.3, 0.4) is 0 Å². The molecule has 4 heteroatoms. The van der Waals surface area contributed by atoms with E-state index in [2.05, 4.69) is 36.1 Å². The molecule has 1 atom stereocenters. The van der Waals surface area contributed by atoms with Crippen molar-refractivity contribution in [2.75, 3.05) is 19.6 Å². The molecule has 1 unspecified atom stereocenters. The standard InChI is InChI=1S/C19H28N2O2/c1-16-9-12-20(18(22)19(23)10-5-6-11-19)13-14-21(16)15-17-7-3-2-4-8-17/h2-4,7-8,16,23H,5-6,9-15H2,1H3. The number of hydrogen-bond donors (Lipinski definition) is 1. The van der Waals surface area contributed by atoms with E-state index in [1.807, 2.05) is 11.0 Å². The molecule has 0 radical (unpaired) electrons. The van der Waals surface area contributed by atoms with Gasteiger partial charge in [-0.25, -0.2) is 0 Å². The van der Waals surface area contributed by atoms with Gasteiger partial charge in [0.1, 0.15) is 5.60 Å². The minimum absolute atomic E-state index is 0.0382. The molecule has 1 saturated heterocycles.